The van der Waals surface area contributed by atoms with Crippen LogP contribution in [0.3, 0.4) is 0 Å². The fraction of sp³-hybridized carbons (Fsp3) is 0.424. The number of hydrogen-bond acceptors (Lipinski definition) is 5. The molecule has 0 amide bonds. The highest BCUT2D eigenvalue weighted by molar-refractivity contribution is 8.06. The van der Waals surface area contributed by atoms with Crippen molar-refractivity contribution in [1.29, 1.82) is 0 Å². The van der Waals surface area contributed by atoms with Gasteiger partial charge in [0.15, 0.2) is 0 Å². The Hall–Kier alpha value is -2.76. The quantitative estimate of drug-likeness (QED) is 0.252. The summed E-state index contributed by atoms with van der Waals surface area (Å²) in [5, 5.41) is 7.92. The normalized spacial score (nSPS) is 15.8. The van der Waals surface area contributed by atoms with E-state index in [4.69, 9.17) is 0 Å². The fourth-order valence-corrected chi connectivity index (χ4v) is 5.40. The van der Waals surface area contributed by atoms with E-state index < -0.39 is 0 Å². The number of nitrogens with one attached hydrogen (secondary N) is 1. The molecule has 4 nitrogen and oxygen atoms in total. The van der Waals surface area contributed by atoms with E-state index in [9.17, 15) is 0 Å². The molecule has 0 aliphatic carbocycles. The maximum atomic E-state index is 4.67. The van der Waals surface area contributed by atoms with Crippen molar-refractivity contribution in [2.75, 3.05) is 43.9 Å². The Morgan fingerprint density at radius 3 is 2.58 bits per heavy atom. The molecule has 1 saturated heterocycles. The third kappa shape index (κ3) is 9.21. The van der Waals surface area contributed by atoms with E-state index >= 15 is 0 Å². The van der Waals surface area contributed by atoms with Crippen LogP contribution >= 0.6 is 11.8 Å². The highest BCUT2D eigenvalue weighted by Crippen LogP contribution is 2.26. The molecule has 5 heteroatoms. The Kier molecular flexibility index (Phi) is 13.5. The number of anilines is 2. The first-order valence-corrected chi connectivity index (χ1v) is 14.3. The SMILES string of the molecule is C.C=c1ccc(NCCCc2ccnc(N3CCC(N(C)C)CC3)c2)c/c1=C/C(=C\C)C(=C/C)/SC=CC.[HH]. The van der Waals surface area contributed by atoms with Crippen molar-refractivity contribution in [1.82, 2.24) is 9.88 Å². The number of nitrogens with zero attached hydrogens (tertiary/aromatic N) is 3. The Balaban J connectivity index is 0.00000380. The van der Waals surface area contributed by atoms with Gasteiger partial charge < -0.3 is 15.1 Å². The standard InChI is InChI=1S/C32H44N4S.CH4.H2/c1-7-21-37-31(9-3)27(8-2)23-28-24-29(13-12-25(28)4)33-17-10-11-26-14-18-34-32(22-26)36-19-15-30(16-20-36)35(5)6;;/h7-9,12-14,18,21-24,30,33H,4,10-11,15-17,19-20H2,1-3,5-6H3;1H4;1H/b21-7?,27-8+,28-23-,31-9-;;. The van der Waals surface area contributed by atoms with Gasteiger partial charge in [-0.25, -0.2) is 4.98 Å². The second-order valence-electron chi connectivity index (χ2n) is 9.78. The average Bonchev–Trinajstić information content (AvgIpc) is 2.92. The molecule has 0 spiro atoms. The molecule has 38 heavy (non-hydrogen) atoms. The molecule has 2 heterocycles. The highest BCUT2D eigenvalue weighted by atomic mass is 32.2. The molecular formula is C33H50N4S. The zero-order valence-corrected chi connectivity index (χ0v) is 24.2. The lowest BCUT2D eigenvalue weighted by Gasteiger charge is -2.35. The van der Waals surface area contributed by atoms with Crippen LogP contribution in [-0.2, 0) is 6.42 Å². The van der Waals surface area contributed by atoms with Crippen molar-refractivity contribution >= 4 is 35.9 Å². The van der Waals surface area contributed by atoms with Crippen LogP contribution in [0.15, 0.2) is 70.6 Å². The molecule has 0 radical (unpaired) electrons. The predicted molar refractivity (Wildman–Crippen MR) is 174 cm³/mol. The number of thioether (sulfide) groups is 1. The van der Waals surface area contributed by atoms with Gasteiger partial charge in [0.25, 0.3) is 0 Å². The second kappa shape index (κ2) is 16.3. The van der Waals surface area contributed by atoms with Crippen molar-refractivity contribution in [2.24, 2.45) is 0 Å². The molecule has 1 aliphatic rings. The van der Waals surface area contributed by atoms with E-state index in [2.05, 4.69) is 115 Å². The van der Waals surface area contributed by atoms with Gasteiger partial charge >= 0.3 is 0 Å². The number of aromatic nitrogens is 1. The Morgan fingerprint density at radius 2 is 1.92 bits per heavy atom. The van der Waals surface area contributed by atoms with Crippen LogP contribution in [0.4, 0.5) is 11.5 Å². The van der Waals surface area contributed by atoms with Crippen LogP contribution < -0.4 is 20.7 Å². The molecule has 0 unspecified atom stereocenters. The van der Waals surface area contributed by atoms with E-state index in [1.807, 2.05) is 13.1 Å². The lowest BCUT2D eigenvalue weighted by Crippen LogP contribution is -2.42. The molecule has 0 saturated carbocycles. The van der Waals surface area contributed by atoms with E-state index in [-0.39, 0.29) is 8.85 Å². The maximum Gasteiger partial charge on any atom is 0.128 e. The number of aryl methyl sites for hydroxylation is 1. The number of piperidine rings is 1. The largest absolute Gasteiger partial charge is 0.385 e. The summed E-state index contributed by atoms with van der Waals surface area (Å²) in [5.41, 5.74) is 3.71. The van der Waals surface area contributed by atoms with Crippen molar-refractivity contribution in [2.45, 2.75) is 59.9 Å². The van der Waals surface area contributed by atoms with Gasteiger partial charge in [-0.15, -0.1) is 0 Å². The first-order valence-electron chi connectivity index (χ1n) is 13.5. The average molecular weight is 535 g/mol. The van der Waals surface area contributed by atoms with E-state index in [0.717, 1.165) is 54.4 Å². The molecule has 208 valence electrons. The summed E-state index contributed by atoms with van der Waals surface area (Å²) in [7, 11) is 4.37. The van der Waals surface area contributed by atoms with Gasteiger partial charge in [-0.2, -0.15) is 0 Å². The van der Waals surface area contributed by atoms with Crippen LogP contribution in [0.2, 0.25) is 0 Å². The third-order valence-corrected chi connectivity index (χ3v) is 8.08. The number of rotatable bonds is 11. The highest BCUT2D eigenvalue weighted by Gasteiger charge is 2.21. The van der Waals surface area contributed by atoms with Gasteiger partial charge in [-0.3, -0.25) is 0 Å². The minimum Gasteiger partial charge on any atom is -0.385 e. The van der Waals surface area contributed by atoms with Crippen LogP contribution in [0.5, 0.6) is 0 Å². The minimum atomic E-state index is 0. The first kappa shape index (κ1) is 31.5. The van der Waals surface area contributed by atoms with Crippen molar-refractivity contribution in [3.05, 3.63) is 86.6 Å². The maximum absolute atomic E-state index is 4.67. The van der Waals surface area contributed by atoms with Crippen LogP contribution in [0.25, 0.3) is 12.7 Å². The van der Waals surface area contributed by atoms with Crippen molar-refractivity contribution in [3.8, 4) is 0 Å². The molecule has 1 aliphatic heterocycles. The monoisotopic (exact) mass is 534 g/mol. The molecule has 1 fully saturated rings. The molecule has 2 aromatic rings. The summed E-state index contributed by atoms with van der Waals surface area (Å²) in [5.74, 6) is 1.13. The smallest absolute Gasteiger partial charge is 0.128 e. The second-order valence-corrected chi connectivity index (χ2v) is 10.7. The molecule has 0 bridgehead atoms. The molecule has 0 atom stereocenters. The lowest BCUT2D eigenvalue weighted by atomic mass is 10.0. The van der Waals surface area contributed by atoms with Gasteiger partial charge in [-0.05, 0) is 118 Å². The minimum absolute atomic E-state index is 0. The summed E-state index contributed by atoms with van der Waals surface area (Å²) < 4.78 is 0. The van der Waals surface area contributed by atoms with E-state index in [1.54, 1.807) is 11.8 Å². The van der Waals surface area contributed by atoms with Gasteiger partial charge in [0.2, 0.25) is 0 Å². The van der Waals surface area contributed by atoms with Crippen molar-refractivity contribution < 1.29 is 1.43 Å². The van der Waals surface area contributed by atoms with E-state index in [1.165, 1.54) is 28.9 Å². The topological polar surface area (TPSA) is 31.4 Å². The zero-order chi connectivity index (χ0) is 26.6. The Labute approximate surface area is 237 Å². The van der Waals surface area contributed by atoms with Gasteiger partial charge in [0, 0.05) is 43.9 Å². The number of allylic oxidation sites excluding steroid dienone is 4. The Bertz CT molecular complexity index is 1210. The molecule has 1 N–H and O–H groups in total. The van der Waals surface area contributed by atoms with Crippen molar-refractivity contribution in [3.63, 3.8) is 0 Å². The number of hydrogen-bond donors (Lipinski definition) is 1. The third-order valence-electron chi connectivity index (χ3n) is 6.95. The summed E-state index contributed by atoms with van der Waals surface area (Å²) in [6.45, 7) is 13.6. The van der Waals surface area contributed by atoms with Gasteiger partial charge in [0.1, 0.15) is 5.82 Å². The summed E-state index contributed by atoms with van der Waals surface area (Å²) in [6, 6.07) is 11.6. The summed E-state index contributed by atoms with van der Waals surface area (Å²) >= 11 is 1.74. The summed E-state index contributed by atoms with van der Waals surface area (Å²) in [6.07, 6.45) is 15.1. The molecule has 3 rings (SSSR count). The van der Waals surface area contributed by atoms with Gasteiger partial charge in [-0.1, -0.05) is 50.1 Å². The molecule has 1 aromatic carbocycles. The summed E-state index contributed by atoms with van der Waals surface area (Å²) in [4.78, 5) is 10.7. The zero-order valence-electron chi connectivity index (χ0n) is 23.3. The predicted octanol–water partition coefficient (Wildman–Crippen LogP) is 6.85. The number of pyridine rings is 1. The van der Waals surface area contributed by atoms with E-state index in [0.29, 0.717) is 6.04 Å². The lowest BCUT2D eigenvalue weighted by molar-refractivity contribution is 0.249. The number of benzene rings is 1. The molecular weight excluding hydrogens is 484 g/mol. The van der Waals surface area contributed by atoms with Gasteiger partial charge in [0.05, 0.1) is 0 Å². The molecule has 1 aromatic heterocycles. The fourth-order valence-electron chi connectivity index (χ4n) is 4.67. The van der Waals surface area contributed by atoms with Crippen LogP contribution in [0, 0.1) is 0 Å². The first-order chi connectivity index (χ1) is 17.9. The van der Waals surface area contributed by atoms with Crippen LogP contribution in [-0.4, -0.2) is 49.7 Å². The van der Waals surface area contributed by atoms with Crippen LogP contribution in [0.1, 0.15) is 54.5 Å². The Morgan fingerprint density at radius 1 is 1.16 bits per heavy atom.